The fraction of sp³-hybridized carbons (Fsp3) is 0.462. The number of nitrogens with zero attached hydrogens (tertiary/aromatic N) is 4. The Kier molecular flexibility index (Phi) is 11.1. The number of guanidine groups is 1. The number of benzene rings is 2. The van der Waals surface area contributed by atoms with Crippen LogP contribution in [-0.4, -0.2) is 79.9 Å². The molecule has 3 rings (SSSR count). The van der Waals surface area contributed by atoms with Crippen LogP contribution in [0, 0.1) is 6.92 Å². The van der Waals surface area contributed by atoms with Gasteiger partial charge in [-0.25, -0.2) is 0 Å². The molecule has 0 bridgehead atoms. The van der Waals surface area contributed by atoms with E-state index in [1.807, 2.05) is 18.2 Å². The number of carbonyl (C=O) groups is 1. The first-order valence-corrected chi connectivity index (χ1v) is 11.6. The number of hydrogen-bond acceptors (Lipinski definition) is 3. The zero-order valence-corrected chi connectivity index (χ0v) is 22.7. The molecule has 0 aromatic heterocycles. The van der Waals surface area contributed by atoms with Gasteiger partial charge in [0, 0.05) is 65.5 Å². The first-order chi connectivity index (χ1) is 15.5. The van der Waals surface area contributed by atoms with Gasteiger partial charge in [-0.2, -0.15) is 0 Å². The second-order valence-corrected chi connectivity index (χ2v) is 8.64. The van der Waals surface area contributed by atoms with Crippen molar-refractivity contribution in [2.24, 2.45) is 4.99 Å². The second kappa shape index (κ2) is 13.5. The molecule has 7 heteroatoms. The van der Waals surface area contributed by atoms with Gasteiger partial charge in [-0.05, 0) is 43.5 Å². The Morgan fingerprint density at radius 2 is 1.73 bits per heavy atom. The SMILES string of the molecule is CCNC(=NCCc1cccc(C(=O)N(C)C)c1)N1CCN(Cc2cccc(C)c2)CC1.I. The smallest absolute Gasteiger partial charge is 0.253 e. The van der Waals surface area contributed by atoms with Crippen LogP contribution >= 0.6 is 24.0 Å². The van der Waals surface area contributed by atoms with Crippen LogP contribution in [0.4, 0.5) is 0 Å². The van der Waals surface area contributed by atoms with E-state index in [9.17, 15) is 4.79 Å². The molecule has 2 aromatic rings. The molecule has 1 fully saturated rings. The van der Waals surface area contributed by atoms with Gasteiger partial charge in [-0.3, -0.25) is 14.7 Å². The Balaban J connectivity index is 0.00000385. The van der Waals surface area contributed by atoms with Crippen molar-refractivity contribution in [3.63, 3.8) is 0 Å². The highest BCUT2D eigenvalue weighted by molar-refractivity contribution is 14.0. The van der Waals surface area contributed by atoms with E-state index >= 15 is 0 Å². The molecule has 1 amide bonds. The Bertz CT molecular complexity index is 922. The minimum atomic E-state index is 0. The molecule has 0 radical (unpaired) electrons. The molecule has 0 atom stereocenters. The lowest BCUT2D eigenvalue weighted by atomic mass is 10.1. The number of amides is 1. The maximum Gasteiger partial charge on any atom is 0.253 e. The molecule has 1 saturated heterocycles. The summed E-state index contributed by atoms with van der Waals surface area (Å²) < 4.78 is 0. The van der Waals surface area contributed by atoms with E-state index in [0.717, 1.165) is 62.8 Å². The summed E-state index contributed by atoms with van der Waals surface area (Å²) in [6.45, 7) is 10.8. The molecule has 1 N–H and O–H groups in total. The summed E-state index contributed by atoms with van der Waals surface area (Å²) in [7, 11) is 3.56. The second-order valence-electron chi connectivity index (χ2n) is 8.64. The molecular formula is C26H38IN5O. The number of aryl methyl sites for hydroxylation is 1. The number of nitrogens with one attached hydrogen (secondary N) is 1. The van der Waals surface area contributed by atoms with E-state index < -0.39 is 0 Å². The van der Waals surface area contributed by atoms with Crippen LogP contribution in [0.1, 0.15) is 34.0 Å². The average molecular weight is 564 g/mol. The van der Waals surface area contributed by atoms with E-state index in [-0.39, 0.29) is 29.9 Å². The van der Waals surface area contributed by atoms with E-state index in [4.69, 9.17) is 4.99 Å². The van der Waals surface area contributed by atoms with Crippen molar-refractivity contribution in [2.45, 2.75) is 26.8 Å². The zero-order valence-electron chi connectivity index (χ0n) is 20.4. The summed E-state index contributed by atoms with van der Waals surface area (Å²) >= 11 is 0. The minimum Gasteiger partial charge on any atom is -0.357 e. The Labute approximate surface area is 216 Å². The summed E-state index contributed by atoms with van der Waals surface area (Å²) in [4.78, 5) is 23.6. The van der Waals surface area contributed by atoms with E-state index in [1.54, 1.807) is 19.0 Å². The maximum absolute atomic E-state index is 12.2. The third kappa shape index (κ3) is 8.30. The van der Waals surface area contributed by atoms with Gasteiger partial charge in [0.2, 0.25) is 0 Å². The van der Waals surface area contributed by atoms with Crippen molar-refractivity contribution in [1.29, 1.82) is 0 Å². The lowest BCUT2D eigenvalue weighted by Crippen LogP contribution is -2.52. The summed E-state index contributed by atoms with van der Waals surface area (Å²) in [5.41, 5.74) is 4.57. The van der Waals surface area contributed by atoms with Gasteiger partial charge < -0.3 is 15.1 Å². The van der Waals surface area contributed by atoms with E-state index in [0.29, 0.717) is 6.54 Å². The normalized spacial score (nSPS) is 14.5. The van der Waals surface area contributed by atoms with Gasteiger partial charge in [-0.1, -0.05) is 42.0 Å². The third-order valence-corrected chi connectivity index (χ3v) is 5.74. The topological polar surface area (TPSA) is 51.2 Å². The van der Waals surface area contributed by atoms with Crippen LogP contribution in [0.15, 0.2) is 53.5 Å². The first kappa shape index (κ1) is 27.1. The monoisotopic (exact) mass is 563 g/mol. The predicted octanol–water partition coefficient (Wildman–Crippen LogP) is 3.64. The van der Waals surface area contributed by atoms with Crippen molar-refractivity contribution in [2.75, 3.05) is 53.4 Å². The fourth-order valence-electron chi connectivity index (χ4n) is 4.02. The number of piperazine rings is 1. The quantitative estimate of drug-likeness (QED) is 0.318. The Morgan fingerprint density at radius 1 is 1.03 bits per heavy atom. The molecule has 1 aliphatic rings. The third-order valence-electron chi connectivity index (χ3n) is 5.74. The summed E-state index contributed by atoms with van der Waals surface area (Å²) in [5.74, 6) is 1.02. The molecule has 0 spiro atoms. The number of rotatable bonds is 7. The van der Waals surface area contributed by atoms with Crippen LogP contribution in [0.25, 0.3) is 0 Å². The van der Waals surface area contributed by atoms with Crippen molar-refractivity contribution in [1.82, 2.24) is 20.0 Å². The van der Waals surface area contributed by atoms with Crippen molar-refractivity contribution in [3.8, 4) is 0 Å². The molecule has 1 aliphatic heterocycles. The van der Waals surface area contributed by atoms with Crippen molar-refractivity contribution >= 4 is 35.8 Å². The van der Waals surface area contributed by atoms with Crippen molar-refractivity contribution in [3.05, 3.63) is 70.8 Å². The van der Waals surface area contributed by atoms with Gasteiger partial charge in [0.1, 0.15) is 0 Å². The fourth-order valence-corrected chi connectivity index (χ4v) is 4.02. The van der Waals surface area contributed by atoms with Gasteiger partial charge in [0.25, 0.3) is 5.91 Å². The molecule has 33 heavy (non-hydrogen) atoms. The Hall–Kier alpha value is -2.13. The maximum atomic E-state index is 12.2. The predicted molar refractivity (Wildman–Crippen MR) is 148 cm³/mol. The summed E-state index contributed by atoms with van der Waals surface area (Å²) in [6.07, 6.45) is 0.816. The van der Waals surface area contributed by atoms with Crippen LogP contribution in [-0.2, 0) is 13.0 Å². The highest BCUT2D eigenvalue weighted by Crippen LogP contribution is 2.11. The standard InChI is InChI=1S/C26H37N5O.HI/c1-5-27-26(28-13-12-22-9-7-11-24(19-22)25(32)29(3)4)31-16-14-30(15-17-31)20-23-10-6-8-21(2)18-23;/h6-11,18-19H,5,12-17,20H2,1-4H3,(H,27,28);1H. The molecule has 1 heterocycles. The van der Waals surface area contributed by atoms with Gasteiger partial charge in [0.15, 0.2) is 5.96 Å². The largest absolute Gasteiger partial charge is 0.357 e. The molecule has 180 valence electrons. The number of hydrogen-bond donors (Lipinski definition) is 1. The van der Waals surface area contributed by atoms with Crippen molar-refractivity contribution < 1.29 is 4.79 Å². The molecular weight excluding hydrogens is 525 g/mol. The highest BCUT2D eigenvalue weighted by Gasteiger charge is 2.19. The molecule has 2 aromatic carbocycles. The van der Waals surface area contributed by atoms with E-state index in [2.05, 4.69) is 59.3 Å². The molecule has 6 nitrogen and oxygen atoms in total. The highest BCUT2D eigenvalue weighted by atomic mass is 127. The van der Waals surface area contributed by atoms with Gasteiger partial charge >= 0.3 is 0 Å². The zero-order chi connectivity index (χ0) is 22.9. The van der Waals surface area contributed by atoms with Crippen LogP contribution < -0.4 is 5.32 Å². The first-order valence-electron chi connectivity index (χ1n) is 11.6. The minimum absolute atomic E-state index is 0. The Morgan fingerprint density at radius 3 is 2.39 bits per heavy atom. The lowest BCUT2D eigenvalue weighted by Gasteiger charge is -2.36. The van der Waals surface area contributed by atoms with Gasteiger partial charge in [-0.15, -0.1) is 24.0 Å². The van der Waals surface area contributed by atoms with Crippen LogP contribution in [0.2, 0.25) is 0 Å². The number of halogens is 1. The summed E-state index contributed by atoms with van der Waals surface area (Å²) in [6, 6.07) is 16.7. The average Bonchev–Trinajstić information content (AvgIpc) is 2.79. The molecule has 0 saturated carbocycles. The molecule has 0 aliphatic carbocycles. The summed E-state index contributed by atoms with van der Waals surface area (Å²) in [5, 5.41) is 3.45. The number of aliphatic imine (C=N–C) groups is 1. The van der Waals surface area contributed by atoms with Crippen LogP contribution in [0.5, 0.6) is 0 Å². The lowest BCUT2D eigenvalue weighted by molar-refractivity contribution is 0.0827. The van der Waals surface area contributed by atoms with Gasteiger partial charge in [0.05, 0.1) is 0 Å². The molecule has 0 unspecified atom stereocenters. The van der Waals surface area contributed by atoms with Crippen LogP contribution in [0.3, 0.4) is 0 Å². The number of carbonyl (C=O) groups excluding carboxylic acids is 1. The van der Waals surface area contributed by atoms with E-state index in [1.165, 1.54) is 11.1 Å².